The van der Waals surface area contributed by atoms with Gasteiger partial charge in [-0.15, -0.1) is 0 Å². The molecule has 1 N–H and O–H groups in total. The van der Waals surface area contributed by atoms with Crippen molar-refractivity contribution in [1.82, 2.24) is 10.2 Å². The first-order chi connectivity index (χ1) is 7.81. The van der Waals surface area contributed by atoms with Crippen molar-refractivity contribution in [2.75, 3.05) is 32.7 Å². The van der Waals surface area contributed by atoms with Crippen LogP contribution < -0.4 is 5.32 Å². The van der Waals surface area contributed by atoms with Gasteiger partial charge in [-0.3, -0.25) is 4.90 Å². The van der Waals surface area contributed by atoms with Gasteiger partial charge < -0.3 is 5.32 Å². The molecule has 2 atom stereocenters. The first kappa shape index (κ1) is 14.7. The molecule has 1 aliphatic rings. The summed E-state index contributed by atoms with van der Waals surface area (Å²) in [5, 5.41) is 3.23. The molecule has 1 aliphatic heterocycles. The molecule has 6 heteroatoms. The van der Waals surface area contributed by atoms with Gasteiger partial charge in [0, 0.05) is 13.1 Å². The van der Waals surface area contributed by atoms with Crippen LogP contribution in [0.2, 0.25) is 0 Å². The zero-order valence-corrected chi connectivity index (χ0v) is 10.2. The van der Waals surface area contributed by atoms with Crippen LogP contribution in [0.5, 0.6) is 0 Å². The molecule has 0 aromatic carbocycles. The standard InChI is InChI=1S/C11H20F4N2/c1-8-3-16-4-9(2)6-17(5-8)7-11(14,15)10(12)13/h8-10,16H,3-7H2,1-2H3. The topological polar surface area (TPSA) is 15.3 Å². The van der Waals surface area contributed by atoms with E-state index in [1.807, 2.05) is 13.8 Å². The Morgan fingerprint density at radius 1 is 1.18 bits per heavy atom. The Hall–Kier alpha value is -0.360. The van der Waals surface area contributed by atoms with Crippen molar-refractivity contribution in [2.45, 2.75) is 26.2 Å². The second-order valence-electron chi connectivity index (χ2n) is 5.12. The molecule has 102 valence electrons. The number of halogens is 4. The molecule has 0 spiro atoms. The Morgan fingerprint density at radius 2 is 1.65 bits per heavy atom. The third-order valence-electron chi connectivity index (χ3n) is 2.88. The maximum absolute atomic E-state index is 13.0. The van der Waals surface area contributed by atoms with Gasteiger partial charge in [-0.25, -0.2) is 8.78 Å². The summed E-state index contributed by atoms with van der Waals surface area (Å²) in [6.07, 6.45) is -3.59. The number of hydrogen-bond acceptors (Lipinski definition) is 2. The fourth-order valence-corrected chi connectivity index (χ4v) is 2.16. The van der Waals surface area contributed by atoms with Gasteiger partial charge in [-0.1, -0.05) is 13.8 Å². The van der Waals surface area contributed by atoms with Gasteiger partial charge in [-0.05, 0) is 24.9 Å². The molecule has 1 heterocycles. The Bertz CT molecular complexity index is 224. The fraction of sp³-hybridized carbons (Fsp3) is 1.00. The third kappa shape index (κ3) is 4.79. The minimum absolute atomic E-state index is 0.191. The lowest BCUT2D eigenvalue weighted by Gasteiger charge is -2.33. The molecule has 2 nitrogen and oxygen atoms in total. The van der Waals surface area contributed by atoms with Gasteiger partial charge >= 0.3 is 12.3 Å². The van der Waals surface area contributed by atoms with Crippen molar-refractivity contribution in [1.29, 1.82) is 0 Å². The van der Waals surface area contributed by atoms with Gasteiger partial charge in [0.25, 0.3) is 0 Å². The SMILES string of the molecule is CC1CNCC(C)CN(CC(F)(F)C(F)F)C1. The Morgan fingerprint density at radius 3 is 2.06 bits per heavy atom. The number of nitrogens with zero attached hydrogens (tertiary/aromatic N) is 1. The van der Waals surface area contributed by atoms with Gasteiger partial charge in [-0.2, -0.15) is 8.78 Å². The largest absolute Gasteiger partial charge is 0.319 e. The van der Waals surface area contributed by atoms with Gasteiger partial charge in [0.05, 0.1) is 6.54 Å². The number of nitrogens with one attached hydrogen (secondary N) is 1. The highest BCUT2D eigenvalue weighted by Crippen LogP contribution is 2.25. The first-order valence-corrected chi connectivity index (χ1v) is 5.90. The van der Waals surface area contributed by atoms with Crippen molar-refractivity contribution in [3.8, 4) is 0 Å². The van der Waals surface area contributed by atoms with Crippen LogP contribution in [0.15, 0.2) is 0 Å². The quantitative estimate of drug-likeness (QED) is 0.778. The van der Waals surface area contributed by atoms with E-state index in [1.54, 1.807) is 0 Å². The van der Waals surface area contributed by atoms with Crippen molar-refractivity contribution < 1.29 is 17.6 Å². The molecular weight excluding hydrogens is 236 g/mol. The molecule has 1 saturated heterocycles. The smallest absolute Gasteiger partial charge is 0.316 e. The van der Waals surface area contributed by atoms with Crippen LogP contribution in [0.25, 0.3) is 0 Å². The molecule has 1 fully saturated rings. The van der Waals surface area contributed by atoms with Crippen molar-refractivity contribution in [3.63, 3.8) is 0 Å². The van der Waals surface area contributed by atoms with Crippen molar-refractivity contribution in [2.24, 2.45) is 11.8 Å². The predicted octanol–water partition coefficient (Wildman–Crippen LogP) is 2.06. The highest BCUT2D eigenvalue weighted by Gasteiger charge is 2.42. The van der Waals surface area contributed by atoms with Crippen LogP contribution >= 0.6 is 0 Å². The third-order valence-corrected chi connectivity index (χ3v) is 2.88. The van der Waals surface area contributed by atoms with E-state index < -0.39 is 18.9 Å². The van der Waals surface area contributed by atoms with Crippen LogP contribution in [-0.4, -0.2) is 50.0 Å². The van der Waals surface area contributed by atoms with E-state index in [-0.39, 0.29) is 11.8 Å². The van der Waals surface area contributed by atoms with Gasteiger partial charge in [0.1, 0.15) is 0 Å². The van der Waals surface area contributed by atoms with E-state index in [4.69, 9.17) is 0 Å². The van der Waals surface area contributed by atoms with E-state index >= 15 is 0 Å². The summed E-state index contributed by atoms with van der Waals surface area (Å²) in [5.41, 5.74) is 0. The lowest BCUT2D eigenvalue weighted by molar-refractivity contribution is -0.144. The summed E-state index contributed by atoms with van der Waals surface area (Å²) in [5.74, 6) is -3.53. The Balaban J connectivity index is 2.59. The highest BCUT2D eigenvalue weighted by molar-refractivity contribution is 4.79. The molecule has 0 bridgehead atoms. The van der Waals surface area contributed by atoms with E-state index in [0.717, 1.165) is 13.1 Å². The zero-order valence-electron chi connectivity index (χ0n) is 10.2. The van der Waals surface area contributed by atoms with E-state index in [0.29, 0.717) is 13.1 Å². The highest BCUT2D eigenvalue weighted by atomic mass is 19.3. The van der Waals surface area contributed by atoms with Gasteiger partial charge in [0.2, 0.25) is 0 Å². The Labute approximate surface area is 99.4 Å². The first-order valence-electron chi connectivity index (χ1n) is 5.90. The summed E-state index contributed by atoms with van der Waals surface area (Å²) in [4.78, 5) is 1.46. The predicted molar refractivity (Wildman–Crippen MR) is 58.6 cm³/mol. The summed E-state index contributed by atoms with van der Waals surface area (Å²) in [6, 6.07) is 0. The summed E-state index contributed by atoms with van der Waals surface area (Å²) in [7, 11) is 0. The minimum Gasteiger partial charge on any atom is -0.316 e. The van der Waals surface area contributed by atoms with Crippen molar-refractivity contribution >= 4 is 0 Å². The molecular formula is C11H20F4N2. The van der Waals surface area contributed by atoms with Crippen LogP contribution in [0, 0.1) is 11.8 Å². The average Bonchev–Trinajstić information content (AvgIpc) is 2.13. The van der Waals surface area contributed by atoms with Crippen LogP contribution in [0.4, 0.5) is 17.6 Å². The zero-order chi connectivity index (χ0) is 13.1. The molecule has 0 saturated carbocycles. The maximum atomic E-state index is 13.0. The lowest BCUT2D eigenvalue weighted by atomic mass is 10.1. The monoisotopic (exact) mass is 256 g/mol. The van der Waals surface area contributed by atoms with Gasteiger partial charge in [0.15, 0.2) is 0 Å². The summed E-state index contributed by atoms with van der Waals surface area (Å²) in [6.45, 7) is 5.34. The normalized spacial score (nSPS) is 29.1. The summed E-state index contributed by atoms with van der Waals surface area (Å²) < 4.78 is 50.3. The van der Waals surface area contributed by atoms with E-state index in [9.17, 15) is 17.6 Å². The molecule has 0 amide bonds. The van der Waals surface area contributed by atoms with E-state index in [2.05, 4.69) is 5.32 Å². The molecule has 17 heavy (non-hydrogen) atoms. The maximum Gasteiger partial charge on any atom is 0.319 e. The average molecular weight is 256 g/mol. The number of alkyl halides is 4. The second kappa shape index (κ2) is 6.00. The molecule has 0 aliphatic carbocycles. The summed E-state index contributed by atoms with van der Waals surface area (Å²) >= 11 is 0. The molecule has 0 radical (unpaired) electrons. The molecule has 1 rings (SSSR count). The van der Waals surface area contributed by atoms with E-state index in [1.165, 1.54) is 4.90 Å². The number of hydrogen-bond donors (Lipinski definition) is 1. The Kier molecular flexibility index (Phi) is 5.19. The van der Waals surface area contributed by atoms with Crippen LogP contribution in [-0.2, 0) is 0 Å². The van der Waals surface area contributed by atoms with Crippen LogP contribution in [0.1, 0.15) is 13.8 Å². The number of rotatable bonds is 3. The molecule has 0 aromatic heterocycles. The minimum atomic E-state index is -3.91. The van der Waals surface area contributed by atoms with Crippen LogP contribution in [0.3, 0.4) is 0 Å². The fourth-order valence-electron chi connectivity index (χ4n) is 2.16. The second-order valence-corrected chi connectivity index (χ2v) is 5.12. The lowest BCUT2D eigenvalue weighted by Crippen LogP contribution is -2.48. The molecule has 2 unspecified atom stereocenters. The van der Waals surface area contributed by atoms with Crippen molar-refractivity contribution in [3.05, 3.63) is 0 Å². The molecule has 0 aromatic rings.